The van der Waals surface area contributed by atoms with Gasteiger partial charge < -0.3 is 5.32 Å². The Morgan fingerprint density at radius 3 is 3.05 bits per heavy atom. The van der Waals surface area contributed by atoms with Crippen LogP contribution in [0.2, 0.25) is 0 Å². The maximum Gasteiger partial charge on any atom is 0.141 e. The van der Waals surface area contributed by atoms with E-state index in [1.807, 2.05) is 0 Å². The molecule has 0 bridgehead atoms. The summed E-state index contributed by atoms with van der Waals surface area (Å²) in [6.45, 7) is 8.49. The van der Waals surface area contributed by atoms with Crippen LogP contribution in [0.15, 0.2) is 18.5 Å². The van der Waals surface area contributed by atoms with E-state index >= 15 is 0 Å². The maximum atomic E-state index is 13.2. The number of halogens is 1. The molecule has 1 aromatic rings. The summed E-state index contributed by atoms with van der Waals surface area (Å²) in [5.41, 5.74) is 0.963. The van der Waals surface area contributed by atoms with Crippen molar-refractivity contribution in [1.29, 1.82) is 0 Å². The predicted molar refractivity (Wildman–Crippen MR) is 75.3 cm³/mol. The Kier molecular flexibility index (Phi) is 5.28. The zero-order valence-corrected chi connectivity index (χ0v) is 11.9. The van der Waals surface area contributed by atoms with Crippen molar-refractivity contribution in [3.63, 3.8) is 0 Å². The molecule has 4 heteroatoms. The molecule has 19 heavy (non-hydrogen) atoms. The summed E-state index contributed by atoms with van der Waals surface area (Å²) in [6, 6.07) is 2.13. The third-order valence-corrected chi connectivity index (χ3v) is 3.49. The van der Waals surface area contributed by atoms with E-state index in [0.29, 0.717) is 12.0 Å². The summed E-state index contributed by atoms with van der Waals surface area (Å²) in [4.78, 5) is 6.33. The first-order valence-corrected chi connectivity index (χ1v) is 7.18. The van der Waals surface area contributed by atoms with E-state index in [1.165, 1.54) is 12.6 Å². The smallest absolute Gasteiger partial charge is 0.141 e. The van der Waals surface area contributed by atoms with Crippen molar-refractivity contribution >= 4 is 0 Å². The molecule has 106 valence electrons. The minimum atomic E-state index is -0.246. The standard InChI is InChI=1S/C15H24FN3/c1-12(2)6-15-11-19(5-3-4-18-15)10-13-7-14(16)9-17-8-13/h7-9,12,15,18H,3-6,10-11H2,1-2H3. The van der Waals surface area contributed by atoms with Crippen LogP contribution < -0.4 is 5.32 Å². The topological polar surface area (TPSA) is 28.2 Å². The fourth-order valence-corrected chi connectivity index (χ4v) is 2.75. The van der Waals surface area contributed by atoms with E-state index in [4.69, 9.17) is 0 Å². The van der Waals surface area contributed by atoms with Crippen molar-refractivity contribution in [1.82, 2.24) is 15.2 Å². The van der Waals surface area contributed by atoms with E-state index in [2.05, 4.69) is 29.0 Å². The van der Waals surface area contributed by atoms with Gasteiger partial charge in [-0.3, -0.25) is 9.88 Å². The molecule has 1 aliphatic heterocycles. The van der Waals surface area contributed by atoms with E-state index < -0.39 is 0 Å². The number of pyridine rings is 1. The summed E-state index contributed by atoms with van der Waals surface area (Å²) >= 11 is 0. The Morgan fingerprint density at radius 2 is 2.32 bits per heavy atom. The Morgan fingerprint density at radius 1 is 1.47 bits per heavy atom. The first-order chi connectivity index (χ1) is 9.13. The van der Waals surface area contributed by atoms with Gasteiger partial charge in [0.25, 0.3) is 0 Å². The van der Waals surface area contributed by atoms with E-state index in [9.17, 15) is 4.39 Å². The molecule has 2 rings (SSSR count). The number of aromatic nitrogens is 1. The molecule has 3 nitrogen and oxygen atoms in total. The zero-order chi connectivity index (χ0) is 13.7. The van der Waals surface area contributed by atoms with Crippen molar-refractivity contribution in [2.75, 3.05) is 19.6 Å². The van der Waals surface area contributed by atoms with Gasteiger partial charge in [0.2, 0.25) is 0 Å². The van der Waals surface area contributed by atoms with Crippen LogP contribution in [0.25, 0.3) is 0 Å². The first kappa shape index (κ1) is 14.4. The molecule has 0 aromatic carbocycles. The fraction of sp³-hybridized carbons (Fsp3) is 0.667. The number of rotatable bonds is 4. The monoisotopic (exact) mass is 265 g/mol. The van der Waals surface area contributed by atoms with Crippen LogP contribution in [0.4, 0.5) is 4.39 Å². The highest BCUT2D eigenvalue weighted by Crippen LogP contribution is 2.12. The third-order valence-electron chi connectivity index (χ3n) is 3.49. The molecule has 1 unspecified atom stereocenters. The quantitative estimate of drug-likeness (QED) is 0.906. The largest absolute Gasteiger partial charge is 0.313 e. The number of hydrogen-bond donors (Lipinski definition) is 1. The van der Waals surface area contributed by atoms with Crippen LogP contribution >= 0.6 is 0 Å². The van der Waals surface area contributed by atoms with Crippen molar-refractivity contribution in [2.45, 2.75) is 39.3 Å². The van der Waals surface area contributed by atoms with Gasteiger partial charge in [-0.25, -0.2) is 4.39 Å². The average Bonchev–Trinajstić information content (AvgIpc) is 2.53. The van der Waals surface area contributed by atoms with Gasteiger partial charge >= 0.3 is 0 Å². The Bertz CT molecular complexity index is 395. The lowest BCUT2D eigenvalue weighted by Crippen LogP contribution is -2.38. The van der Waals surface area contributed by atoms with E-state index in [0.717, 1.165) is 38.2 Å². The molecule has 1 aliphatic rings. The zero-order valence-electron chi connectivity index (χ0n) is 11.9. The minimum absolute atomic E-state index is 0.246. The van der Waals surface area contributed by atoms with Gasteiger partial charge in [-0.2, -0.15) is 0 Å². The molecule has 0 aliphatic carbocycles. The lowest BCUT2D eigenvalue weighted by molar-refractivity contribution is 0.247. The van der Waals surface area contributed by atoms with Gasteiger partial charge in [0.1, 0.15) is 5.82 Å². The van der Waals surface area contributed by atoms with Gasteiger partial charge in [0, 0.05) is 25.3 Å². The molecule has 1 atom stereocenters. The van der Waals surface area contributed by atoms with Crippen molar-refractivity contribution in [3.8, 4) is 0 Å². The molecule has 0 spiro atoms. The van der Waals surface area contributed by atoms with Gasteiger partial charge in [0.05, 0.1) is 6.20 Å². The lowest BCUT2D eigenvalue weighted by atomic mass is 10.0. The predicted octanol–water partition coefficient (Wildman–Crippen LogP) is 2.43. The van der Waals surface area contributed by atoms with E-state index in [-0.39, 0.29) is 5.82 Å². The van der Waals surface area contributed by atoms with Crippen LogP contribution in [0, 0.1) is 11.7 Å². The molecule has 0 amide bonds. The minimum Gasteiger partial charge on any atom is -0.313 e. The van der Waals surface area contributed by atoms with Gasteiger partial charge in [-0.1, -0.05) is 13.8 Å². The maximum absolute atomic E-state index is 13.2. The second kappa shape index (κ2) is 6.96. The Hall–Kier alpha value is -1.00. The van der Waals surface area contributed by atoms with Crippen LogP contribution in [-0.4, -0.2) is 35.6 Å². The normalized spacial score (nSPS) is 21.6. The third kappa shape index (κ3) is 4.88. The molecule has 0 saturated carbocycles. The fourth-order valence-electron chi connectivity index (χ4n) is 2.75. The van der Waals surface area contributed by atoms with Crippen molar-refractivity contribution in [2.24, 2.45) is 5.92 Å². The van der Waals surface area contributed by atoms with Crippen LogP contribution in [0.1, 0.15) is 32.3 Å². The summed E-state index contributed by atoms with van der Waals surface area (Å²) in [6.07, 6.45) is 5.36. The molecule has 1 aromatic heterocycles. The molecule has 1 saturated heterocycles. The van der Waals surface area contributed by atoms with Crippen molar-refractivity contribution in [3.05, 3.63) is 29.8 Å². The molecular formula is C15H24FN3. The molecule has 2 heterocycles. The van der Waals surface area contributed by atoms with Crippen LogP contribution in [-0.2, 0) is 6.54 Å². The first-order valence-electron chi connectivity index (χ1n) is 7.18. The second-order valence-electron chi connectivity index (χ2n) is 5.88. The number of hydrogen-bond acceptors (Lipinski definition) is 3. The molecule has 1 fully saturated rings. The summed E-state index contributed by atoms with van der Waals surface area (Å²) < 4.78 is 13.2. The number of nitrogens with one attached hydrogen (secondary N) is 1. The van der Waals surface area contributed by atoms with Crippen LogP contribution in [0.3, 0.4) is 0 Å². The van der Waals surface area contributed by atoms with Crippen molar-refractivity contribution < 1.29 is 4.39 Å². The average molecular weight is 265 g/mol. The Balaban J connectivity index is 1.94. The highest BCUT2D eigenvalue weighted by Gasteiger charge is 2.18. The molecule has 0 radical (unpaired) electrons. The van der Waals surface area contributed by atoms with Gasteiger partial charge in [0.15, 0.2) is 0 Å². The highest BCUT2D eigenvalue weighted by molar-refractivity contribution is 5.10. The Labute approximate surface area is 115 Å². The molecule has 1 N–H and O–H groups in total. The summed E-state index contributed by atoms with van der Waals surface area (Å²) in [5, 5.41) is 3.61. The van der Waals surface area contributed by atoms with Crippen LogP contribution in [0.5, 0.6) is 0 Å². The van der Waals surface area contributed by atoms with Gasteiger partial charge in [-0.05, 0) is 43.5 Å². The second-order valence-corrected chi connectivity index (χ2v) is 5.88. The summed E-state index contributed by atoms with van der Waals surface area (Å²) in [5.74, 6) is 0.456. The SMILES string of the molecule is CC(C)CC1CN(Cc2cncc(F)c2)CCCN1. The summed E-state index contributed by atoms with van der Waals surface area (Å²) in [7, 11) is 0. The lowest BCUT2D eigenvalue weighted by Gasteiger charge is -2.25. The van der Waals surface area contributed by atoms with E-state index in [1.54, 1.807) is 12.3 Å². The van der Waals surface area contributed by atoms with Gasteiger partial charge in [-0.15, -0.1) is 0 Å². The molecular weight excluding hydrogens is 241 g/mol. The number of nitrogens with zero attached hydrogens (tertiary/aromatic N) is 2. The highest BCUT2D eigenvalue weighted by atomic mass is 19.1.